The second kappa shape index (κ2) is 10.9. The van der Waals surface area contributed by atoms with E-state index in [1.54, 1.807) is 31.9 Å². The van der Waals surface area contributed by atoms with Gasteiger partial charge in [-0.1, -0.05) is 0 Å². The summed E-state index contributed by atoms with van der Waals surface area (Å²) in [7, 11) is 4.95. The van der Waals surface area contributed by atoms with Crippen LogP contribution in [-0.4, -0.2) is 55.4 Å². The first kappa shape index (κ1) is 27.0. The van der Waals surface area contributed by atoms with Crippen molar-refractivity contribution in [3.8, 4) is 11.5 Å². The van der Waals surface area contributed by atoms with E-state index >= 15 is 0 Å². The third kappa shape index (κ3) is 5.32. The Balaban J connectivity index is 1.65. The minimum absolute atomic E-state index is 0.175. The number of carbonyl (C=O) groups is 1. The molecule has 1 aromatic carbocycles. The smallest absolute Gasteiger partial charge is 0.265 e. The maximum absolute atomic E-state index is 14.0. The summed E-state index contributed by atoms with van der Waals surface area (Å²) in [4.78, 5) is 35.1. The van der Waals surface area contributed by atoms with Crippen molar-refractivity contribution >= 4 is 22.5 Å². The molecular weight excluding hydrogens is 494 g/mol. The molecule has 1 saturated carbocycles. The van der Waals surface area contributed by atoms with E-state index in [1.807, 2.05) is 32.0 Å². The van der Waals surface area contributed by atoms with Crippen molar-refractivity contribution in [2.24, 2.45) is 7.05 Å². The van der Waals surface area contributed by atoms with Crippen LogP contribution in [0.4, 0.5) is 5.69 Å². The number of methoxy groups -OCH3 is 2. The van der Waals surface area contributed by atoms with E-state index < -0.39 is 5.91 Å². The number of carbonyl (C=O) groups excluding carboxylic acids is 1. The fourth-order valence-corrected chi connectivity index (χ4v) is 5.57. The maximum Gasteiger partial charge on any atom is 0.265 e. The summed E-state index contributed by atoms with van der Waals surface area (Å²) < 4.78 is 12.5. The van der Waals surface area contributed by atoms with Gasteiger partial charge in [0.05, 0.1) is 37.2 Å². The van der Waals surface area contributed by atoms with E-state index in [0.29, 0.717) is 35.7 Å². The van der Waals surface area contributed by atoms with Crippen LogP contribution >= 0.6 is 0 Å². The zero-order valence-corrected chi connectivity index (χ0v) is 23.8. The number of nitrogens with zero attached hydrogens (tertiary/aromatic N) is 3. The Morgan fingerprint density at radius 1 is 1.10 bits per heavy atom. The van der Waals surface area contributed by atoms with Gasteiger partial charge in [0.25, 0.3) is 11.5 Å². The van der Waals surface area contributed by atoms with Gasteiger partial charge in [0.2, 0.25) is 0 Å². The molecule has 2 N–H and O–H groups in total. The van der Waals surface area contributed by atoms with Crippen LogP contribution in [0.1, 0.15) is 72.4 Å². The topological polar surface area (TPSA) is 97.7 Å². The highest BCUT2D eigenvalue weighted by Gasteiger charge is 2.33. The van der Waals surface area contributed by atoms with Gasteiger partial charge in [0.1, 0.15) is 17.1 Å². The number of aryl methyl sites for hydroxylation is 2. The molecule has 0 radical (unpaired) electrons. The summed E-state index contributed by atoms with van der Waals surface area (Å²) in [6.45, 7) is 8.29. The Labute approximate surface area is 229 Å². The lowest BCUT2D eigenvalue weighted by Crippen LogP contribution is -2.39. The third-order valence-corrected chi connectivity index (χ3v) is 7.93. The van der Waals surface area contributed by atoms with Crippen molar-refractivity contribution in [3.05, 3.63) is 57.1 Å². The quantitative estimate of drug-likeness (QED) is 0.477. The number of fused-ring (bicyclic) bond motifs is 1. The number of anilines is 1. The Hall–Kier alpha value is -3.59. The predicted octanol–water partition coefficient (Wildman–Crippen LogP) is 3.82. The molecule has 3 heterocycles. The van der Waals surface area contributed by atoms with E-state index in [-0.39, 0.29) is 17.2 Å². The standard InChI is InChI=1S/C30H39N5O4/c1-17-9-11-35(12-10-31-17)27-24-13-18(2)32-26(20-7-8-20)28(24)34(4)30(37)25(27)29(36)33-19(3)21-14-22(38-5)16-23(15-21)39-6/h13-17,19-20,31H,7-12H2,1-6H3,(H,33,36)/t17-,19-/m0/s1. The Morgan fingerprint density at radius 2 is 1.79 bits per heavy atom. The van der Waals surface area contributed by atoms with Gasteiger partial charge in [-0.3, -0.25) is 14.6 Å². The van der Waals surface area contributed by atoms with E-state index in [2.05, 4.69) is 22.5 Å². The fourth-order valence-electron chi connectivity index (χ4n) is 5.57. The highest BCUT2D eigenvalue weighted by atomic mass is 16.5. The maximum atomic E-state index is 14.0. The molecule has 0 unspecified atom stereocenters. The van der Waals surface area contributed by atoms with Gasteiger partial charge >= 0.3 is 0 Å². The molecule has 3 aromatic rings. The lowest BCUT2D eigenvalue weighted by atomic mass is 10.0. The molecule has 1 aliphatic carbocycles. The number of ether oxygens (including phenoxy) is 2. The number of amides is 1. The number of hydrogen-bond acceptors (Lipinski definition) is 7. The Morgan fingerprint density at radius 3 is 2.44 bits per heavy atom. The molecule has 0 bridgehead atoms. The highest BCUT2D eigenvalue weighted by molar-refractivity contribution is 6.08. The molecule has 2 aromatic heterocycles. The van der Waals surface area contributed by atoms with Gasteiger partial charge in [0.15, 0.2) is 0 Å². The normalized spacial score (nSPS) is 18.5. The summed E-state index contributed by atoms with van der Waals surface area (Å²) >= 11 is 0. The van der Waals surface area contributed by atoms with Gasteiger partial charge < -0.3 is 29.6 Å². The van der Waals surface area contributed by atoms with Crippen molar-refractivity contribution in [1.82, 2.24) is 20.2 Å². The van der Waals surface area contributed by atoms with Crippen LogP contribution in [0.5, 0.6) is 11.5 Å². The molecule has 2 atom stereocenters. The Bertz CT molecular complexity index is 1440. The fraction of sp³-hybridized carbons (Fsp3) is 0.500. The number of nitrogens with one attached hydrogen (secondary N) is 2. The SMILES string of the molecule is COc1cc(OC)cc([C@H](C)NC(=O)c2c(N3CCN[C@@H](C)CC3)c3cc(C)nc(C4CC4)c3n(C)c2=O)c1. The van der Waals surface area contributed by atoms with Gasteiger partial charge in [0, 0.05) is 55.8 Å². The van der Waals surface area contributed by atoms with Gasteiger partial charge in [-0.2, -0.15) is 0 Å². The molecule has 2 aliphatic rings. The van der Waals surface area contributed by atoms with E-state index in [4.69, 9.17) is 14.5 Å². The van der Waals surface area contributed by atoms with Gasteiger partial charge in [-0.05, 0) is 63.8 Å². The second-order valence-corrected chi connectivity index (χ2v) is 10.9. The molecule has 5 rings (SSSR count). The van der Waals surface area contributed by atoms with Crippen molar-refractivity contribution in [2.75, 3.05) is 38.8 Å². The van der Waals surface area contributed by atoms with Gasteiger partial charge in [-0.15, -0.1) is 0 Å². The summed E-state index contributed by atoms with van der Waals surface area (Å²) in [5.74, 6) is 1.23. The molecule has 1 saturated heterocycles. The first-order valence-electron chi connectivity index (χ1n) is 13.8. The van der Waals surface area contributed by atoms with Crippen molar-refractivity contribution in [2.45, 2.75) is 58.0 Å². The predicted molar refractivity (Wildman–Crippen MR) is 153 cm³/mol. The largest absolute Gasteiger partial charge is 0.497 e. The average Bonchev–Trinajstić information content (AvgIpc) is 3.78. The third-order valence-electron chi connectivity index (χ3n) is 7.93. The van der Waals surface area contributed by atoms with Crippen LogP contribution in [0, 0.1) is 6.92 Å². The lowest BCUT2D eigenvalue weighted by Gasteiger charge is -2.28. The van der Waals surface area contributed by atoms with Crippen LogP contribution in [-0.2, 0) is 7.05 Å². The first-order chi connectivity index (χ1) is 18.7. The number of rotatable bonds is 7. The molecular formula is C30H39N5O4. The van der Waals surface area contributed by atoms with E-state index in [9.17, 15) is 9.59 Å². The average molecular weight is 534 g/mol. The summed E-state index contributed by atoms with van der Waals surface area (Å²) in [6.07, 6.45) is 3.06. The van der Waals surface area contributed by atoms with Crippen molar-refractivity contribution in [3.63, 3.8) is 0 Å². The Kier molecular flexibility index (Phi) is 7.53. The molecule has 9 nitrogen and oxygen atoms in total. The van der Waals surface area contributed by atoms with Crippen LogP contribution in [0.2, 0.25) is 0 Å². The molecule has 39 heavy (non-hydrogen) atoms. The van der Waals surface area contributed by atoms with Crippen molar-refractivity contribution in [1.29, 1.82) is 0 Å². The monoisotopic (exact) mass is 533 g/mol. The number of benzene rings is 1. The lowest BCUT2D eigenvalue weighted by molar-refractivity contribution is 0.0938. The van der Waals surface area contributed by atoms with E-state index in [0.717, 1.165) is 60.2 Å². The summed E-state index contributed by atoms with van der Waals surface area (Å²) in [6, 6.07) is 7.53. The van der Waals surface area contributed by atoms with E-state index in [1.165, 1.54) is 0 Å². The zero-order chi connectivity index (χ0) is 27.8. The van der Waals surface area contributed by atoms with Crippen LogP contribution in [0.15, 0.2) is 29.1 Å². The molecule has 0 spiro atoms. The van der Waals surface area contributed by atoms with Crippen LogP contribution in [0.3, 0.4) is 0 Å². The minimum Gasteiger partial charge on any atom is -0.497 e. The summed E-state index contributed by atoms with van der Waals surface area (Å²) in [5, 5.41) is 7.54. The van der Waals surface area contributed by atoms with Crippen molar-refractivity contribution < 1.29 is 14.3 Å². The molecule has 9 heteroatoms. The first-order valence-corrected chi connectivity index (χ1v) is 13.8. The highest BCUT2D eigenvalue weighted by Crippen LogP contribution is 2.43. The molecule has 208 valence electrons. The van der Waals surface area contributed by atoms with Gasteiger partial charge in [-0.25, -0.2) is 0 Å². The number of pyridine rings is 2. The molecule has 1 aliphatic heterocycles. The van der Waals surface area contributed by atoms with Crippen LogP contribution < -0.4 is 30.6 Å². The van der Waals surface area contributed by atoms with Crippen LogP contribution in [0.25, 0.3) is 10.9 Å². The number of hydrogen-bond donors (Lipinski definition) is 2. The minimum atomic E-state index is -0.394. The molecule has 2 fully saturated rings. The zero-order valence-electron chi connectivity index (χ0n) is 23.8. The summed E-state index contributed by atoms with van der Waals surface area (Å²) in [5.41, 5.74) is 4.11. The second-order valence-electron chi connectivity index (χ2n) is 10.9. The molecule has 1 amide bonds. The number of aromatic nitrogens is 2.